The maximum atomic E-state index is 12.1. The second kappa shape index (κ2) is 7.21. The SMILES string of the molecule is CC(C)(C)OC(=O)N1CCCC(n2nccc2C(=O)[O-])C1.[Li+]. The molecule has 0 bridgehead atoms. The van der Waals surface area contributed by atoms with Crippen molar-refractivity contribution in [1.29, 1.82) is 0 Å². The van der Waals surface area contributed by atoms with Gasteiger partial charge in [0.05, 0.1) is 17.7 Å². The zero-order valence-electron chi connectivity index (χ0n) is 13.5. The van der Waals surface area contributed by atoms with E-state index in [4.69, 9.17) is 4.74 Å². The van der Waals surface area contributed by atoms with Crippen LogP contribution >= 0.6 is 0 Å². The Kier molecular flexibility index (Phi) is 6.09. The normalized spacial score (nSPS) is 18.5. The van der Waals surface area contributed by atoms with Crippen molar-refractivity contribution in [2.75, 3.05) is 13.1 Å². The van der Waals surface area contributed by atoms with Gasteiger partial charge in [0.2, 0.25) is 0 Å². The summed E-state index contributed by atoms with van der Waals surface area (Å²) in [5.74, 6) is -1.26. The molecular weight excluding hydrogens is 281 g/mol. The van der Waals surface area contributed by atoms with E-state index < -0.39 is 11.6 Å². The molecule has 0 radical (unpaired) electrons. The molecule has 1 fully saturated rings. The third kappa shape index (κ3) is 4.52. The van der Waals surface area contributed by atoms with Gasteiger partial charge in [-0.05, 0) is 39.7 Å². The van der Waals surface area contributed by atoms with Crippen LogP contribution in [0.4, 0.5) is 4.79 Å². The summed E-state index contributed by atoms with van der Waals surface area (Å²) in [4.78, 5) is 24.7. The molecule has 0 N–H and O–H groups in total. The number of piperidine rings is 1. The van der Waals surface area contributed by atoms with Crippen LogP contribution in [0.15, 0.2) is 12.3 Å². The number of hydrogen-bond donors (Lipinski definition) is 0. The smallest absolute Gasteiger partial charge is 0.543 e. The molecule has 22 heavy (non-hydrogen) atoms. The van der Waals surface area contributed by atoms with Crippen LogP contribution in [-0.2, 0) is 4.74 Å². The van der Waals surface area contributed by atoms with E-state index in [1.807, 2.05) is 20.8 Å². The quantitative estimate of drug-likeness (QED) is 0.580. The number of likely N-dealkylation sites (tertiary alicyclic amines) is 1. The number of carbonyl (C=O) groups is 2. The first-order chi connectivity index (χ1) is 9.78. The Labute approximate surface area is 141 Å². The minimum atomic E-state index is -1.26. The average molecular weight is 301 g/mol. The van der Waals surface area contributed by atoms with Gasteiger partial charge in [0.1, 0.15) is 5.60 Å². The number of ether oxygens (including phenoxy) is 1. The van der Waals surface area contributed by atoms with Gasteiger partial charge in [-0.1, -0.05) is 0 Å². The van der Waals surface area contributed by atoms with Gasteiger partial charge >= 0.3 is 25.0 Å². The molecule has 116 valence electrons. The van der Waals surface area contributed by atoms with Crippen LogP contribution in [0.25, 0.3) is 0 Å². The molecule has 0 saturated carbocycles. The summed E-state index contributed by atoms with van der Waals surface area (Å²) in [6.07, 6.45) is 2.59. The molecule has 1 aliphatic rings. The fourth-order valence-corrected chi connectivity index (χ4v) is 2.41. The summed E-state index contributed by atoms with van der Waals surface area (Å²) in [7, 11) is 0. The fraction of sp³-hybridized carbons (Fsp3) is 0.643. The molecule has 2 heterocycles. The van der Waals surface area contributed by atoms with Crippen molar-refractivity contribution in [3.05, 3.63) is 18.0 Å². The predicted molar refractivity (Wildman–Crippen MR) is 72.6 cm³/mol. The van der Waals surface area contributed by atoms with Crippen LogP contribution in [0.2, 0.25) is 0 Å². The molecule has 0 spiro atoms. The Morgan fingerprint density at radius 3 is 2.68 bits per heavy atom. The maximum absolute atomic E-state index is 12.1. The van der Waals surface area contributed by atoms with E-state index in [0.29, 0.717) is 13.1 Å². The standard InChI is InChI=1S/C14H21N3O4.Li/c1-14(2,3)21-13(20)16-8-4-5-10(9-16)17-11(12(18)19)6-7-15-17;/h6-7,10H,4-5,8-9H2,1-3H3,(H,18,19);/q;+1/p-1. The van der Waals surface area contributed by atoms with Gasteiger partial charge < -0.3 is 19.5 Å². The molecule has 1 aliphatic heterocycles. The van der Waals surface area contributed by atoms with Gasteiger partial charge in [-0.3, -0.25) is 4.68 Å². The fourth-order valence-electron chi connectivity index (χ4n) is 2.41. The minimum Gasteiger partial charge on any atom is -0.543 e. The molecule has 8 heteroatoms. The van der Waals surface area contributed by atoms with E-state index in [-0.39, 0.29) is 36.7 Å². The van der Waals surface area contributed by atoms with Crippen LogP contribution < -0.4 is 24.0 Å². The van der Waals surface area contributed by atoms with Crippen LogP contribution in [0.1, 0.15) is 50.1 Å². The number of nitrogens with zero attached hydrogens (tertiary/aromatic N) is 3. The summed E-state index contributed by atoms with van der Waals surface area (Å²) in [5, 5.41) is 15.1. The van der Waals surface area contributed by atoms with E-state index in [9.17, 15) is 14.7 Å². The van der Waals surface area contributed by atoms with E-state index >= 15 is 0 Å². The molecule has 0 aromatic carbocycles. The molecule has 1 amide bonds. The summed E-state index contributed by atoms with van der Waals surface area (Å²) in [6, 6.07) is 1.23. The van der Waals surface area contributed by atoms with Gasteiger partial charge in [0.25, 0.3) is 0 Å². The molecular formula is C14H20LiN3O4. The van der Waals surface area contributed by atoms with Crippen molar-refractivity contribution in [1.82, 2.24) is 14.7 Å². The van der Waals surface area contributed by atoms with E-state index in [1.165, 1.54) is 16.9 Å². The van der Waals surface area contributed by atoms with Crippen molar-refractivity contribution in [3.63, 3.8) is 0 Å². The maximum Gasteiger partial charge on any atom is 1.00 e. The first-order valence-corrected chi connectivity index (χ1v) is 7.01. The van der Waals surface area contributed by atoms with Gasteiger partial charge in [-0.15, -0.1) is 0 Å². The molecule has 0 aliphatic carbocycles. The third-order valence-electron chi connectivity index (χ3n) is 3.27. The Balaban J connectivity index is 0.00000242. The Hall–Kier alpha value is -1.45. The number of carboxylic acid groups (broad SMARTS) is 1. The number of carbonyl (C=O) groups excluding carboxylic acids is 2. The first kappa shape index (κ1) is 18.6. The van der Waals surface area contributed by atoms with E-state index in [0.717, 1.165) is 12.8 Å². The van der Waals surface area contributed by atoms with Gasteiger partial charge in [-0.2, -0.15) is 5.10 Å². The molecule has 1 aromatic heterocycles. The number of hydrogen-bond acceptors (Lipinski definition) is 5. The molecule has 7 nitrogen and oxygen atoms in total. The average Bonchev–Trinajstić information content (AvgIpc) is 2.86. The van der Waals surface area contributed by atoms with Crippen LogP contribution in [0.3, 0.4) is 0 Å². The monoisotopic (exact) mass is 301 g/mol. The summed E-state index contributed by atoms with van der Waals surface area (Å²) >= 11 is 0. The van der Waals surface area contributed by atoms with E-state index in [2.05, 4.69) is 5.10 Å². The molecule has 1 atom stereocenters. The van der Waals surface area contributed by atoms with Crippen molar-refractivity contribution in [3.8, 4) is 0 Å². The number of aromatic nitrogens is 2. The number of amides is 1. The first-order valence-electron chi connectivity index (χ1n) is 7.01. The zero-order chi connectivity index (χ0) is 15.6. The molecule has 1 saturated heterocycles. The summed E-state index contributed by atoms with van der Waals surface area (Å²) in [6.45, 7) is 6.43. The number of carboxylic acids is 1. The Morgan fingerprint density at radius 1 is 1.41 bits per heavy atom. The zero-order valence-corrected chi connectivity index (χ0v) is 13.5. The largest absolute Gasteiger partial charge is 1.00 e. The minimum absolute atomic E-state index is 0. The van der Waals surface area contributed by atoms with Crippen molar-refractivity contribution >= 4 is 12.1 Å². The number of aromatic carboxylic acids is 1. The van der Waals surface area contributed by atoms with Crippen molar-refractivity contribution in [2.45, 2.75) is 45.3 Å². The second-order valence-electron chi connectivity index (χ2n) is 6.17. The van der Waals surface area contributed by atoms with Crippen molar-refractivity contribution < 1.29 is 38.3 Å². The summed E-state index contributed by atoms with van der Waals surface area (Å²) < 4.78 is 6.77. The van der Waals surface area contributed by atoms with Gasteiger partial charge in [0.15, 0.2) is 0 Å². The Morgan fingerprint density at radius 2 is 2.09 bits per heavy atom. The Bertz CT molecular complexity index is 538. The number of rotatable bonds is 2. The van der Waals surface area contributed by atoms with Gasteiger partial charge in [0, 0.05) is 19.3 Å². The molecule has 2 rings (SSSR count). The second-order valence-corrected chi connectivity index (χ2v) is 6.17. The van der Waals surface area contributed by atoms with Crippen LogP contribution in [-0.4, -0.2) is 45.4 Å². The molecule has 1 unspecified atom stereocenters. The topological polar surface area (TPSA) is 87.5 Å². The predicted octanol–water partition coefficient (Wildman–Crippen LogP) is -2.18. The molecule has 1 aromatic rings. The third-order valence-corrected chi connectivity index (χ3v) is 3.27. The van der Waals surface area contributed by atoms with Crippen LogP contribution in [0.5, 0.6) is 0 Å². The van der Waals surface area contributed by atoms with E-state index in [1.54, 1.807) is 4.90 Å². The van der Waals surface area contributed by atoms with Crippen molar-refractivity contribution in [2.24, 2.45) is 0 Å². The summed E-state index contributed by atoms with van der Waals surface area (Å²) in [5.41, 5.74) is -0.516. The van der Waals surface area contributed by atoms with Gasteiger partial charge in [-0.25, -0.2) is 4.79 Å². The van der Waals surface area contributed by atoms with Crippen LogP contribution in [0, 0.1) is 0 Å².